The molecule has 0 saturated carbocycles. The molecule has 0 spiro atoms. The lowest BCUT2D eigenvalue weighted by Crippen LogP contribution is -2.10. The normalized spacial score (nSPS) is 12.2. The summed E-state index contributed by atoms with van der Waals surface area (Å²) in [4.78, 5) is 15.0. The highest BCUT2D eigenvalue weighted by Gasteiger charge is 2.08. The van der Waals surface area contributed by atoms with E-state index in [1.54, 1.807) is 19.1 Å². The molecular weight excluding hydrogens is 236 g/mol. The SMILES string of the molecule is CSC(C)CCNc1ccc(C(=O)O)c(C)n1. The lowest BCUT2D eigenvalue weighted by molar-refractivity contribution is 0.0695. The minimum Gasteiger partial charge on any atom is -0.478 e. The molecule has 0 bridgehead atoms. The number of anilines is 1. The van der Waals surface area contributed by atoms with Gasteiger partial charge in [0, 0.05) is 11.8 Å². The van der Waals surface area contributed by atoms with Gasteiger partial charge in [-0.1, -0.05) is 6.92 Å². The first-order valence-electron chi connectivity index (χ1n) is 5.52. The van der Waals surface area contributed by atoms with Gasteiger partial charge >= 0.3 is 5.97 Å². The van der Waals surface area contributed by atoms with Gasteiger partial charge in [0.15, 0.2) is 0 Å². The summed E-state index contributed by atoms with van der Waals surface area (Å²) in [5.74, 6) is -0.196. The minimum absolute atomic E-state index is 0.257. The van der Waals surface area contributed by atoms with Crippen molar-refractivity contribution in [3.63, 3.8) is 0 Å². The van der Waals surface area contributed by atoms with Crippen molar-refractivity contribution < 1.29 is 9.90 Å². The molecule has 1 atom stereocenters. The van der Waals surface area contributed by atoms with E-state index in [9.17, 15) is 4.79 Å². The zero-order valence-electron chi connectivity index (χ0n) is 10.4. The first-order valence-corrected chi connectivity index (χ1v) is 6.81. The van der Waals surface area contributed by atoms with Crippen LogP contribution >= 0.6 is 11.8 Å². The number of nitrogens with zero attached hydrogens (tertiary/aromatic N) is 1. The molecule has 0 amide bonds. The van der Waals surface area contributed by atoms with Gasteiger partial charge in [-0.25, -0.2) is 9.78 Å². The van der Waals surface area contributed by atoms with Crippen LogP contribution in [0.25, 0.3) is 0 Å². The summed E-state index contributed by atoms with van der Waals surface area (Å²) in [5, 5.41) is 12.7. The first-order chi connectivity index (χ1) is 8.04. The van der Waals surface area contributed by atoms with Gasteiger partial charge in [-0.2, -0.15) is 11.8 Å². The van der Waals surface area contributed by atoms with Crippen LogP contribution in [-0.2, 0) is 0 Å². The third-order valence-corrected chi connectivity index (χ3v) is 3.62. The van der Waals surface area contributed by atoms with Crippen molar-refractivity contribution in [2.24, 2.45) is 0 Å². The summed E-state index contributed by atoms with van der Waals surface area (Å²) < 4.78 is 0. The van der Waals surface area contributed by atoms with E-state index in [1.165, 1.54) is 0 Å². The number of hydrogen-bond donors (Lipinski definition) is 2. The van der Waals surface area contributed by atoms with Crippen molar-refractivity contribution in [1.29, 1.82) is 0 Å². The molecule has 1 heterocycles. The second-order valence-electron chi connectivity index (χ2n) is 3.90. The molecule has 17 heavy (non-hydrogen) atoms. The fourth-order valence-corrected chi connectivity index (χ4v) is 1.76. The Morgan fingerprint density at radius 1 is 1.59 bits per heavy atom. The maximum Gasteiger partial charge on any atom is 0.337 e. The summed E-state index contributed by atoms with van der Waals surface area (Å²) in [7, 11) is 0. The van der Waals surface area contributed by atoms with Gasteiger partial charge in [-0.05, 0) is 31.7 Å². The number of aryl methyl sites for hydroxylation is 1. The summed E-state index contributed by atoms with van der Waals surface area (Å²) in [6, 6.07) is 3.30. The highest BCUT2D eigenvalue weighted by Crippen LogP contribution is 2.12. The average Bonchev–Trinajstić information content (AvgIpc) is 2.28. The topological polar surface area (TPSA) is 62.2 Å². The molecule has 0 aliphatic rings. The fourth-order valence-electron chi connectivity index (χ4n) is 1.41. The Morgan fingerprint density at radius 3 is 2.82 bits per heavy atom. The molecule has 94 valence electrons. The third-order valence-electron chi connectivity index (χ3n) is 2.58. The number of rotatable bonds is 6. The molecule has 1 aromatic heterocycles. The van der Waals surface area contributed by atoms with Crippen LogP contribution in [0.3, 0.4) is 0 Å². The number of aromatic nitrogens is 1. The molecule has 2 N–H and O–H groups in total. The Hall–Kier alpha value is -1.23. The van der Waals surface area contributed by atoms with Crippen LogP contribution in [0.15, 0.2) is 12.1 Å². The fraction of sp³-hybridized carbons (Fsp3) is 0.500. The van der Waals surface area contributed by atoms with Crippen molar-refractivity contribution >= 4 is 23.5 Å². The van der Waals surface area contributed by atoms with Gasteiger partial charge in [0.25, 0.3) is 0 Å². The molecule has 1 unspecified atom stereocenters. The van der Waals surface area contributed by atoms with Crippen molar-refractivity contribution in [2.75, 3.05) is 18.1 Å². The van der Waals surface area contributed by atoms with Crippen molar-refractivity contribution in [3.8, 4) is 0 Å². The van der Waals surface area contributed by atoms with E-state index in [-0.39, 0.29) is 5.56 Å². The number of aromatic carboxylic acids is 1. The molecule has 1 rings (SSSR count). The smallest absolute Gasteiger partial charge is 0.337 e. The number of hydrogen-bond acceptors (Lipinski definition) is 4. The summed E-state index contributed by atoms with van der Waals surface area (Å²) in [6.45, 7) is 4.73. The van der Waals surface area contributed by atoms with Crippen LogP contribution in [-0.4, -0.2) is 34.1 Å². The zero-order chi connectivity index (χ0) is 12.8. The molecule has 5 heteroatoms. The molecule has 4 nitrogen and oxygen atoms in total. The third kappa shape index (κ3) is 4.26. The maximum atomic E-state index is 10.8. The number of thioether (sulfide) groups is 1. The van der Waals surface area contributed by atoms with E-state index in [0.717, 1.165) is 18.8 Å². The van der Waals surface area contributed by atoms with E-state index in [0.29, 0.717) is 10.9 Å². The number of carboxylic acid groups (broad SMARTS) is 1. The van der Waals surface area contributed by atoms with Gasteiger partial charge in [0.2, 0.25) is 0 Å². The summed E-state index contributed by atoms with van der Waals surface area (Å²) in [5.41, 5.74) is 0.799. The number of carbonyl (C=O) groups is 1. The van der Waals surface area contributed by atoms with Crippen LogP contribution in [0.1, 0.15) is 29.4 Å². The molecule has 0 aliphatic carbocycles. The van der Waals surface area contributed by atoms with Gasteiger partial charge in [-0.3, -0.25) is 0 Å². The van der Waals surface area contributed by atoms with Gasteiger partial charge in [-0.15, -0.1) is 0 Å². The second-order valence-corrected chi connectivity index (χ2v) is 5.17. The van der Waals surface area contributed by atoms with Crippen molar-refractivity contribution in [3.05, 3.63) is 23.4 Å². The molecule has 0 radical (unpaired) electrons. The largest absolute Gasteiger partial charge is 0.478 e. The Balaban J connectivity index is 2.56. The predicted octanol–water partition coefficient (Wildman–Crippen LogP) is 2.64. The Labute approximate surface area is 106 Å². The molecule has 0 saturated heterocycles. The van der Waals surface area contributed by atoms with Gasteiger partial charge < -0.3 is 10.4 Å². The lowest BCUT2D eigenvalue weighted by atomic mass is 10.2. The average molecular weight is 254 g/mol. The summed E-state index contributed by atoms with van der Waals surface area (Å²) >= 11 is 1.83. The van der Waals surface area contributed by atoms with E-state index >= 15 is 0 Å². The van der Waals surface area contributed by atoms with Crippen molar-refractivity contribution in [1.82, 2.24) is 4.98 Å². The highest BCUT2D eigenvalue weighted by molar-refractivity contribution is 7.99. The summed E-state index contributed by atoms with van der Waals surface area (Å²) in [6.07, 6.45) is 3.15. The van der Waals surface area contributed by atoms with E-state index in [2.05, 4.69) is 23.5 Å². The standard InChI is InChI=1S/C12H18N2O2S/c1-8(17-3)6-7-13-11-5-4-10(12(15)16)9(2)14-11/h4-5,8H,6-7H2,1-3H3,(H,13,14)(H,15,16). The predicted molar refractivity (Wildman–Crippen MR) is 72.0 cm³/mol. The Bertz CT molecular complexity index is 396. The van der Waals surface area contributed by atoms with Gasteiger partial charge in [0.1, 0.15) is 5.82 Å². The highest BCUT2D eigenvalue weighted by atomic mass is 32.2. The Morgan fingerprint density at radius 2 is 2.29 bits per heavy atom. The van der Waals surface area contributed by atoms with Crippen LogP contribution in [0, 0.1) is 6.92 Å². The van der Waals surface area contributed by atoms with Gasteiger partial charge in [0.05, 0.1) is 11.3 Å². The van der Waals surface area contributed by atoms with Crippen LogP contribution in [0.2, 0.25) is 0 Å². The molecule has 0 aromatic carbocycles. The minimum atomic E-state index is -0.933. The lowest BCUT2D eigenvalue weighted by Gasteiger charge is -2.10. The molecule has 0 fully saturated rings. The van der Waals surface area contributed by atoms with Crippen LogP contribution < -0.4 is 5.32 Å². The zero-order valence-corrected chi connectivity index (χ0v) is 11.2. The monoisotopic (exact) mass is 254 g/mol. The van der Waals surface area contributed by atoms with E-state index in [1.807, 2.05) is 11.8 Å². The number of carboxylic acids is 1. The van der Waals surface area contributed by atoms with Crippen LogP contribution in [0.5, 0.6) is 0 Å². The number of pyridine rings is 1. The van der Waals surface area contributed by atoms with Crippen molar-refractivity contribution in [2.45, 2.75) is 25.5 Å². The quantitative estimate of drug-likeness (QED) is 0.817. The van der Waals surface area contributed by atoms with Crippen LogP contribution in [0.4, 0.5) is 5.82 Å². The number of nitrogens with one attached hydrogen (secondary N) is 1. The Kier molecular flexibility index (Phi) is 5.28. The van der Waals surface area contributed by atoms with E-state index < -0.39 is 5.97 Å². The molecular formula is C12H18N2O2S. The first kappa shape index (κ1) is 13.8. The molecule has 1 aromatic rings. The molecule has 0 aliphatic heterocycles. The van der Waals surface area contributed by atoms with E-state index in [4.69, 9.17) is 5.11 Å². The second kappa shape index (κ2) is 6.49. The maximum absolute atomic E-state index is 10.8.